The van der Waals surface area contributed by atoms with E-state index in [2.05, 4.69) is 5.32 Å². The van der Waals surface area contributed by atoms with Crippen molar-refractivity contribution >= 4 is 17.4 Å². The van der Waals surface area contributed by atoms with Gasteiger partial charge in [0.15, 0.2) is 0 Å². The van der Waals surface area contributed by atoms with Crippen LogP contribution in [0.4, 0.5) is 27.6 Å². The van der Waals surface area contributed by atoms with Crippen molar-refractivity contribution in [3.05, 3.63) is 24.3 Å². The van der Waals surface area contributed by atoms with E-state index in [-0.39, 0.29) is 12.5 Å². The molecule has 1 aromatic rings. The van der Waals surface area contributed by atoms with Gasteiger partial charge in [0.1, 0.15) is 0 Å². The molecule has 7 heteroatoms. The average Bonchev–Trinajstić information content (AvgIpc) is 2.29. The lowest BCUT2D eigenvalue weighted by atomic mass is 10.1. The molecule has 0 spiro atoms. The zero-order valence-electron chi connectivity index (χ0n) is 10.9. The highest BCUT2D eigenvalue weighted by Gasteiger charge is 2.26. The molecule has 0 aromatic heterocycles. The van der Waals surface area contributed by atoms with E-state index in [1.165, 1.54) is 0 Å². The molecule has 1 nitrogen and oxygen atoms in total. The first kappa shape index (κ1) is 17.1. The highest BCUT2D eigenvalue weighted by molar-refractivity contribution is 7.99. The summed E-state index contributed by atoms with van der Waals surface area (Å²) in [5, 5.41) is 3.04. The predicted molar refractivity (Wildman–Crippen MR) is 71.3 cm³/mol. The molecule has 0 heterocycles. The number of rotatable bonds is 7. The smallest absolute Gasteiger partial charge is 0.383 e. The Balaban J connectivity index is 2.36. The summed E-state index contributed by atoms with van der Waals surface area (Å²) < 4.78 is 60.2. The molecule has 20 heavy (non-hydrogen) atoms. The lowest BCUT2D eigenvalue weighted by Crippen LogP contribution is -2.16. The number of benzene rings is 1. The van der Waals surface area contributed by atoms with Gasteiger partial charge in [-0.1, -0.05) is 11.8 Å². The van der Waals surface area contributed by atoms with Crippen molar-refractivity contribution in [2.75, 3.05) is 5.32 Å². The molecule has 1 N–H and O–H groups in total. The van der Waals surface area contributed by atoms with Gasteiger partial charge in [-0.3, -0.25) is 0 Å². The highest BCUT2D eigenvalue weighted by atomic mass is 32.2. The molecule has 0 aliphatic rings. The molecule has 0 aliphatic carbocycles. The van der Waals surface area contributed by atoms with Crippen LogP contribution in [0, 0.1) is 0 Å². The van der Waals surface area contributed by atoms with Crippen LogP contribution in [0.3, 0.4) is 0 Å². The summed E-state index contributed by atoms with van der Waals surface area (Å²) in [4.78, 5) is 0.454. The minimum atomic E-state index is -4.12. The molecule has 0 saturated carbocycles. The van der Waals surface area contributed by atoms with E-state index in [1.807, 2.05) is 0 Å². The maximum atomic E-state index is 12.1. The van der Waals surface area contributed by atoms with Crippen LogP contribution in [0.5, 0.6) is 0 Å². The lowest BCUT2D eigenvalue weighted by Gasteiger charge is -2.16. The number of thioether (sulfide) groups is 1. The van der Waals surface area contributed by atoms with Crippen LogP contribution >= 0.6 is 11.8 Å². The standard InChI is InChI=1S/C13H16F5NS/c1-9(3-2-8-13(16,17)18)19-10-4-6-11(7-5-10)20-12(14)15/h4-7,9,12,19H,2-3,8H2,1H3. The summed E-state index contributed by atoms with van der Waals surface area (Å²) >= 11 is 0.457. The van der Waals surface area contributed by atoms with Crippen LogP contribution in [-0.4, -0.2) is 18.0 Å². The first-order valence-corrected chi connectivity index (χ1v) is 7.02. The van der Waals surface area contributed by atoms with Crippen molar-refractivity contribution < 1.29 is 22.0 Å². The Kier molecular flexibility index (Phi) is 6.58. The van der Waals surface area contributed by atoms with Gasteiger partial charge < -0.3 is 5.32 Å². The van der Waals surface area contributed by atoms with Crippen molar-refractivity contribution in [3.8, 4) is 0 Å². The highest BCUT2D eigenvalue weighted by Crippen LogP contribution is 2.27. The molecule has 0 radical (unpaired) electrons. The van der Waals surface area contributed by atoms with Gasteiger partial charge in [-0.15, -0.1) is 0 Å². The third kappa shape index (κ3) is 7.57. The Morgan fingerprint density at radius 2 is 1.75 bits per heavy atom. The van der Waals surface area contributed by atoms with Crippen molar-refractivity contribution in [1.82, 2.24) is 0 Å². The minimum Gasteiger partial charge on any atom is -0.383 e. The Labute approximate surface area is 118 Å². The fourth-order valence-corrected chi connectivity index (χ4v) is 2.20. The van der Waals surface area contributed by atoms with E-state index < -0.39 is 18.4 Å². The van der Waals surface area contributed by atoms with Gasteiger partial charge in [-0.05, 0) is 44.0 Å². The van der Waals surface area contributed by atoms with Crippen LogP contribution in [0.15, 0.2) is 29.2 Å². The number of hydrogen-bond acceptors (Lipinski definition) is 2. The second-order valence-corrected chi connectivity index (χ2v) is 5.52. The third-order valence-electron chi connectivity index (χ3n) is 2.59. The SMILES string of the molecule is CC(CCCC(F)(F)F)Nc1ccc(SC(F)F)cc1. The number of halogens is 5. The molecule has 114 valence electrons. The molecular formula is C13H16F5NS. The Bertz CT molecular complexity index is 391. The van der Waals surface area contributed by atoms with E-state index in [0.717, 1.165) is 0 Å². The van der Waals surface area contributed by atoms with E-state index >= 15 is 0 Å². The first-order valence-electron chi connectivity index (χ1n) is 6.14. The number of alkyl halides is 5. The Hall–Kier alpha value is -0.980. The van der Waals surface area contributed by atoms with E-state index in [1.54, 1.807) is 31.2 Å². The third-order valence-corrected chi connectivity index (χ3v) is 3.31. The van der Waals surface area contributed by atoms with Gasteiger partial charge in [0.25, 0.3) is 5.76 Å². The molecule has 1 unspecified atom stereocenters. The second-order valence-electron chi connectivity index (χ2n) is 4.46. The van der Waals surface area contributed by atoms with E-state index in [9.17, 15) is 22.0 Å². The summed E-state index contributed by atoms with van der Waals surface area (Å²) in [5.41, 5.74) is 0.711. The van der Waals surface area contributed by atoms with Crippen molar-refractivity contribution in [2.45, 2.75) is 49.1 Å². The molecule has 0 bridgehead atoms. The maximum absolute atomic E-state index is 12.1. The molecule has 0 amide bonds. The molecule has 1 atom stereocenters. The van der Waals surface area contributed by atoms with Gasteiger partial charge in [0.05, 0.1) is 0 Å². The largest absolute Gasteiger partial charge is 0.389 e. The molecular weight excluding hydrogens is 297 g/mol. The molecule has 1 rings (SSSR count). The minimum absolute atomic E-state index is 0.0665. The Morgan fingerprint density at radius 3 is 2.25 bits per heavy atom. The number of hydrogen-bond donors (Lipinski definition) is 1. The second kappa shape index (κ2) is 7.71. The monoisotopic (exact) mass is 313 g/mol. The zero-order valence-corrected chi connectivity index (χ0v) is 11.7. The molecule has 1 aromatic carbocycles. The van der Waals surface area contributed by atoms with Gasteiger partial charge in [-0.25, -0.2) is 0 Å². The van der Waals surface area contributed by atoms with Gasteiger partial charge in [-0.2, -0.15) is 22.0 Å². The average molecular weight is 313 g/mol. The van der Waals surface area contributed by atoms with Crippen LogP contribution < -0.4 is 5.32 Å². The van der Waals surface area contributed by atoms with Crippen molar-refractivity contribution in [1.29, 1.82) is 0 Å². The topological polar surface area (TPSA) is 12.0 Å². The predicted octanol–water partition coefficient (Wildman–Crippen LogP) is 5.53. The van der Waals surface area contributed by atoms with E-state index in [0.29, 0.717) is 28.8 Å². The fraction of sp³-hybridized carbons (Fsp3) is 0.538. The molecule has 0 fully saturated rings. The lowest BCUT2D eigenvalue weighted by molar-refractivity contribution is -0.135. The van der Waals surface area contributed by atoms with Gasteiger partial charge >= 0.3 is 6.18 Å². The quantitative estimate of drug-likeness (QED) is 0.524. The van der Waals surface area contributed by atoms with Crippen LogP contribution in [-0.2, 0) is 0 Å². The Morgan fingerprint density at radius 1 is 1.15 bits per heavy atom. The summed E-state index contributed by atoms with van der Waals surface area (Å²) in [6.45, 7) is 1.79. The fourth-order valence-electron chi connectivity index (χ4n) is 1.70. The number of anilines is 1. The maximum Gasteiger partial charge on any atom is 0.389 e. The van der Waals surface area contributed by atoms with Gasteiger partial charge in [0, 0.05) is 23.0 Å². The van der Waals surface area contributed by atoms with E-state index in [4.69, 9.17) is 0 Å². The van der Waals surface area contributed by atoms with Crippen LogP contribution in [0.1, 0.15) is 26.2 Å². The summed E-state index contributed by atoms with van der Waals surface area (Å²) in [7, 11) is 0. The zero-order chi connectivity index (χ0) is 15.2. The van der Waals surface area contributed by atoms with Crippen molar-refractivity contribution in [2.24, 2.45) is 0 Å². The van der Waals surface area contributed by atoms with Gasteiger partial charge in [0.2, 0.25) is 0 Å². The first-order chi connectivity index (χ1) is 9.26. The van der Waals surface area contributed by atoms with Crippen LogP contribution in [0.25, 0.3) is 0 Å². The van der Waals surface area contributed by atoms with Crippen molar-refractivity contribution in [3.63, 3.8) is 0 Å². The number of nitrogens with one attached hydrogen (secondary N) is 1. The normalized spacial score (nSPS) is 13.6. The summed E-state index contributed by atoms with van der Waals surface area (Å²) in [6.07, 6.45) is -4.44. The molecule has 0 aliphatic heterocycles. The summed E-state index contributed by atoms with van der Waals surface area (Å²) in [5.74, 6) is -2.46. The molecule has 0 saturated heterocycles. The van der Waals surface area contributed by atoms with Crippen LogP contribution in [0.2, 0.25) is 0 Å². The summed E-state index contributed by atoms with van der Waals surface area (Å²) in [6, 6.07) is 6.30.